The molecule has 0 heterocycles. The number of benzene rings is 1. The minimum atomic E-state index is -0.801. The number of aryl methyl sites for hydroxylation is 1. The van der Waals surface area contributed by atoms with Gasteiger partial charge in [0.05, 0.1) is 19.6 Å². The molecular formula is C14H18O4. The second-order valence-electron chi connectivity index (χ2n) is 4.77. The van der Waals surface area contributed by atoms with Crippen molar-refractivity contribution in [1.82, 2.24) is 0 Å². The maximum absolute atomic E-state index is 11.6. The number of ether oxygens (including phenoxy) is 2. The first-order valence-corrected chi connectivity index (χ1v) is 6.01. The molecule has 0 atom stereocenters. The Bertz CT molecular complexity index is 475. The van der Waals surface area contributed by atoms with Gasteiger partial charge in [-0.05, 0) is 37.5 Å². The van der Waals surface area contributed by atoms with Crippen molar-refractivity contribution in [2.45, 2.75) is 31.6 Å². The van der Waals surface area contributed by atoms with Crippen LogP contribution in [-0.4, -0.2) is 25.3 Å². The lowest BCUT2D eigenvalue weighted by atomic mass is 9.64. The van der Waals surface area contributed by atoms with Crippen LogP contribution in [0.4, 0.5) is 0 Å². The van der Waals surface area contributed by atoms with Crippen LogP contribution in [0.3, 0.4) is 0 Å². The summed E-state index contributed by atoms with van der Waals surface area (Å²) >= 11 is 0. The zero-order valence-corrected chi connectivity index (χ0v) is 10.9. The van der Waals surface area contributed by atoms with Crippen LogP contribution in [0.25, 0.3) is 0 Å². The Morgan fingerprint density at radius 1 is 1.28 bits per heavy atom. The maximum atomic E-state index is 11.6. The van der Waals surface area contributed by atoms with Gasteiger partial charge in [-0.15, -0.1) is 0 Å². The molecule has 1 aliphatic rings. The standard InChI is InChI=1S/C14H18O4/c1-9-7-10(17-2)8-11(12(9)18-3)14(13(15)16)5-4-6-14/h7-8H,4-6H2,1-3H3,(H,15,16). The van der Waals surface area contributed by atoms with Gasteiger partial charge < -0.3 is 14.6 Å². The highest BCUT2D eigenvalue weighted by molar-refractivity contribution is 5.84. The number of methoxy groups -OCH3 is 2. The van der Waals surface area contributed by atoms with Gasteiger partial charge in [-0.3, -0.25) is 4.79 Å². The van der Waals surface area contributed by atoms with Crippen molar-refractivity contribution >= 4 is 5.97 Å². The molecular weight excluding hydrogens is 232 g/mol. The Kier molecular flexibility index (Phi) is 3.20. The molecule has 1 fully saturated rings. The highest BCUT2D eigenvalue weighted by atomic mass is 16.5. The van der Waals surface area contributed by atoms with Crippen LogP contribution in [0, 0.1) is 6.92 Å². The van der Waals surface area contributed by atoms with Gasteiger partial charge in [0.1, 0.15) is 11.5 Å². The monoisotopic (exact) mass is 250 g/mol. The van der Waals surface area contributed by atoms with Crippen molar-refractivity contribution in [2.75, 3.05) is 14.2 Å². The molecule has 1 aromatic rings. The van der Waals surface area contributed by atoms with Crippen LogP contribution in [0.5, 0.6) is 11.5 Å². The maximum Gasteiger partial charge on any atom is 0.314 e. The molecule has 0 saturated heterocycles. The summed E-state index contributed by atoms with van der Waals surface area (Å²) in [7, 11) is 3.16. The molecule has 18 heavy (non-hydrogen) atoms. The van der Waals surface area contributed by atoms with Crippen LogP contribution < -0.4 is 9.47 Å². The number of carboxylic acid groups (broad SMARTS) is 1. The van der Waals surface area contributed by atoms with Gasteiger partial charge in [-0.25, -0.2) is 0 Å². The van der Waals surface area contributed by atoms with Crippen molar-refractivity contribution in [2.24, 2.45) is 0 Å². The third-order valence-corrected chi connectivity index (χ3v) is 3.82. The molecule has 0 radical (unpaired) electrons. The smallest absolute Gasteiger partial charge is 0.314 e. The minimum Gasteiger partial charge on any atom is -0.497 e. The van der Waals surface area contributed by atoms with Gasteiger partial charge in [0.15, 0.2) is 0 Å². The van der Waals surface area contributed by atoms with Gasteiger partial charge >= 0.3 is 5.97 Å². The molecule has 0 bridgehead atoms. The van der Waals surface area contributed by atoms with Crippen molar-refractivity contribution in [3.05, 3.63) is 23.3 Å². The van der Waals surface area contributed by atoms with E-state index in [2.05, 4.69) is 0 Å². The summed E-state index contributed by atoms with van der Waals surface area (Å²) in [5, 5.41) is 9.52. The normalized spacial score (nSPS) is 16.8. The fraction of sp³-hybridized carbons (Fsp3) is 0.500. The summed E-state index contributed by atoms with van der Waals surface area (Å²) in [6.07, 6.45) is 2.25. The van der Waals surface area contributed by atoms with E-state index in [-0.39, 0.29) is 0 Å². The lowest BCUT2D eigenvalue weighted by molar-refractivity contribution is -0.147. The third kappa shape index (κ3) is 1.72. The molecule has 0 spiro atoms. The van der Waals surface area contributed by atoms with E-state index in [1.54, 1.807) is 20.3 Å². The van der Waals surface area contributed by atoms with Crippen molar-refractivity contribution in [3.63, 3.8) is 0 Å². The first kappa shape index (κ1) is 12.7. The number of hydrogen-bond acceptors (Lipinski definition) is 3. The van der Waals surface area contributed by atoms with Crippen molar-refractivity contribution in [3.8, 4) is 11.5 Å². The molecule has 1 N–H and O–H groups in total. The summed E-state index contributed by atoms with van der Waals surface area (Å²) in [6.45, 7) is 1.90. The van der Waals surface area contributed by atoms with E-state index in [1.807, 2.05) is 13.0 Å². The van der Waals surface area contributed by atoms with Gasteiger partial charge in [0.25, 0.3) is 0 Å². The van der Waals surface area contributed by atoms with Crippen LogP contribution in [0.2, 0.25) is 0 Å². The zero-order chi connectivity index (χ0) is 13.3. The Hall–Kier alpha value is -1.71. The first-order chi connectivity index (χ1) is 8.55. The lowest BCUT2D eigenvalue weighted by Gasteiger charge is -2.39. The second kappa shape index (κ2) is 4.52. The summed E-state index contributed by atoms with van der Waals surface area (Å²) in [6, 6.07) is 3.65. The van der Waals surface area contributed by atoms with E-state index in [1.165, 1.54) is 0 Å². The molecule has 1 saturated carbocycles. The largest absolute Gasteiger partial charge is 0.497 e. The van der Waals surface area contributed by atoms with E-state index in [0.717, 1.165) is 17.5 Å². The molecule has 2 rings (SSSR count). The number of aliphatic carboxylic acids is 1. The second-order valence-corrected chi connectivity index (χ2v) is 4.77. The molecule has 1 aliphatic carbocycles. The average molecular weight is 250 g/mol. The van der Waals surface area contributed by atoms with E-state index in [0.29, 0.717) is 24.3 Å². The summed E-state index contributed by atoms with van der Waals surface area (Å²) < 4.78 is 10.6. The predicted octanol–water partition coefficient (Wildman–Crippen LogP) is 2.52. The Labute approximate surface area is 107 Å². The highest BCUT2D eigenvalue weighted by Crippen LogP contribution is 2.49. The van der Waals surface area contributed by atoms with Crippen LogP contribution >= 0.6 is 0 Å². The summed E-state index contributed by atoms with van der Waals surface area (Å²) in [5.41, 5.74) is 0.838. The summed E-state index contributed by atoms with van der Waals surface area (Å²) in [5.74, 6) is 0.563. The Morgan fingerprint density at radius 3 is 2.33 bits per heavy atom. The van der Waals surface area contributed by atoms with E-state index < -0.39 is 11.4 Å². The average Bonchev–Trinajstić information content (AvgIpc) is 2.26. The van der Waals surface area contributed by atoms with Gasteiger partial charge in [-0.1, -0.05) is 6.42 Å². The predicted molar refractivity (Wildman–Crippen MR) is 67.4 cm³/mol. The minimum absolute atomic E-state index is 0.658. The number of carboxylic acids is 1. The summed E-state index contributed by atoms with van der Waals surface area (Å²) in [4.78, 5) is 11.6. The lowest BCUT2D eigenvalue weighted by Crippen LogP contribution is -2.42. The van der Waals surface area contributed by atoms with E-state index in [9.17, 15) is 9.90 Å². The molecule has 0 aromatic heterocycles. The number of rotatable bonds is 4. The van der Waals surface area contributed by atoms with Crippen LogP contribution in [-0.2, 0) is 10.2 Å². The Balaban J connectivity index is 2.61. The third-order valence-electron chi connectivity index (χ3n) is 3.82. The Morgan fingerprint density at radius 2 is 1.94 bits per heavy atom. The topological polar surface area (TPSA) is 55.8 Å². The van der Waals surface area contributed by atoms with E-state index in [4.69, 9.17) is 9.47 Å². The molecule has 4 nitrogen and oxygen atoms in total. The van der Waals surface area contributed by atoms with Crippen LogP contribution in [0.1, 0.15) is 30.4 Å². The van der Waals surface area contributed by atoms with Gasteiger partial charge in [0.2, 0.25) is 0 Å². The molecule has 0 unspecified atom stereocenters. The fourth-order valence-electron chi connectivity index (χ4n) is 2.61. The van der Waals surface area contributed by atoms with Crippen LogP contribution in [0.15, 0.2) is 12.1 Å². The number of carbonyl (C=O) groups is 1. The molecule has 0 aliphatic heterocycles. The zero-order valence-electron chi connectivity index (χ0n) is 10.9. The molecule has 1 aromatic carbocycles. The molecule has 0 amide bonds. The van der Waals surface area contributed by atoms with Crippen molar-refractivity contribution < 1.29 is 19.4 Å². The van der Waals surface area contributed by atoms with Gasteiger partial charge in [-0.2, -0.15) is 0 Å². The fourth-order valence-corrected chi connectivity index (χ4v) is 2.61. The quantitative estimate of drug-likeness (QED) is 0.892. The van der Waals surface area contributed by atoms with Crippen molar-refractivity contribution in [1.29, 1.82) is 0 Å². The first-order valence-electron chi connectivity index (χ1n) is 6.01. The van der Waals surface area contributed by atoms with Gasteiger partial charge in [0, 0.05) is 5.56 Å². The highest BCUT2D eigenvalue weighted by Gasteiger charge is 2.48. The van der Waals surface area contributed by atoms with E-state index >= 15 is 0 Å². The molecule has 98 valence electrons. The SMILES string of the molecule is COc1cc(C)c(OC)c(C2(C(=O)O)CCC2)c1. The molecule has 4 heteroatoms. The number of hydrogen-bond donors (Lipinski definition) is 1.